The largest absolute Gasteiger partial charge is 0.349 e. The van der Waals surface area contributed by atoms with Crippen molar-refractivity contribution in [2.75, 3.05) is 6.61 Å². The van der Waals surface area contributed by atoms with Crippen LogP contribution in [0.5, 0.6) is 0 Å². The molecule has 1 N–H and O–H groups in total. The average Bonchev–Trinajstić information content (AvgIpc) is 3.15. The van der Waals surface area contributed by atoms with Gasteiger partial charge in [-0.3, -0.25) is 14.3 Å². The molecule has 3 heterocycles. The fourth-order valence-corrected chi connectivity index (χ4v) is 11.8. The van der Waals surface area contributed by atoms with Crippen LogP contribution in [0.3, 0.4) is 0 Å². The summed E-state index contributed by atoms with van der Waals surface area (Å²) >= 11 is 7.41. The number of nitrogens with zero attached hydrogens (tertiary/aromatic N) is 1. The molecule has 0 amide bonds. The normalized spacial score (nSPS) is 40.3. The van der Waals surface area contributed by atoms with Gasteiger partial charge in [-0.05, 0) is 57.8 Å². The van der Waals surface area contributed by atoms with E-state index in [4.69, 9.17) is 25.6 Å². The first kappa shape index (κ1) is 27.2. The Balaban J connectivity index is 0.00000306. The second-order valence-electron chi connectivity index (χ2n) is 9.41. The zero-order valence-corrected chi connectivity index (χ0v) is 22.7. The van der Waals surface area contributed by atoms with E-state index in [2.05, 4.69) is 25.4 Å². The molecule has 1 aromatic heterocycles. The lowest BCUT2D eigenvalue weighted by Gasteiger charge is -2.37. The number of alkyl halides is 1. The van der Waals surface area contributed by atoms with Crippen molar-refractivity contribution in [2.45, 2.75) is 76.3 Å². The Hall–Kier alpha value is -0.420. The van der Waals surface area contributed by atoms with Gasteiger partial charge in [0.2, 0.25) is 5.69 Å². The van der Waals surface area contributed by atoms with E-state index < -0.39 is 41.4 Å². The molecule has 33 heavy (non-hydrogen) atoms. The van der Waals surface area contributed by atoms with Crippen molar-refractivity contribution in [3.8, 4) is 0 Å². The molecule has 1 aliphatic carbocycles. The quantitative estimate of drug-likeness (QED) is 0.441. The molecule has 186 valence electrons. The van der Waals surface area contributed by atoms with Crippen LogP contribution in [0.15, 0.2) is 27.9 Å². The Morgan fingerprint density at radius 3 is 2.88 bits per heavy atom. The smallest absolute Gasteiger partial charge is 0.330 e. The Morgan fingerprint density at radius 2 is 2.21 bits per heavy atom. The van der Waals surface area contributed by atoms with E-state index in [9.17, 15) is 9.59 Å². The topological polar surface area (TPSA) is 82.5 Å². The van der Waals surface area contributed by atoms with E-state index in [1.165, 1.54) is 11.8 Å². The van der Waals surface area contributed by atoms with E-state index in [1.54, 1.807) is 25.2 Å². The minimum absolute atomic E-state index is 0. The second-order valence-corrected chi connectivity index (χ2v) is 16.0. The van der Waals surface area contributed by atoms with Gasteiger partial charge >= 0.3 is 5.69 Å². The van der Waals surface area contributed by atoms with Gasteiger partial charge in [0.25, 0.3) is 5.56 Å². The number of H-pyrrole nitrogens is 1. The lowest BCUT2D eigenvalue weighted by molar-refractivity contribution is -0.0386. The summed E-state index contributed by atoms with van der Waals surface area (Å²) in [6.07, 6.45) is 1.14. The lowest BCUT2D eigenvalue weighted by atomic mass is 9.77. The summed E-state index contributed by atoms with van der Waals surface area (Å²) in [5.41, 5.74) is -2.33. The van der Waals surface area contributed by atoms with E-state index >= 15 is 4.39 Å². The maximum Gasteiger partial charge on any atom is 0.330 e. The highest BCUT2D eigenvalue weighted by Gasteiger charge is 2.54. The summed E-state index contributed by atoms with van der Waals surface area (Å²) in [5.74, 6) is -0.0838. The highest BCUT2D eigenvalue weighted by atomic mass is 32.9. The standard InChI is InChI=1S/C21H30FN2O5PS2.H2S/c1-11(2)14-6-7-21(5)16(8-14)29-30(31,32-21)27-10-15-13(4)17(22)19(28-15)24-9-12(3)18(25)23-20(24)26;/h9,13-17,19H,1,6-8,10H2,2-5H3,(H,23,25,26);1H2/t13-,14-,15-,16+,17-,19-,21+,30+;/m1./s1. The molecule has 4 rings (SSSR count). The maximum atomic E-state index is 15.1. The SMILES string of the molecule is C=C(C)[C@@H]1CC[C@]2(C)S[P@@](=S)(OC[C@H]3O[C@@H](n4cc(C)c(=O)[nH]c4=O)[C@H](F)[C@@H]3C)O[C@H]2C1.S. The highest BCUT2D eigenvalue weighted by Crippen LogP contribution is 2.75. The number of hydrogen-bond acceptors (Lipinski definition) is 7. The molecule has 1 saturated carbocycles. The van der Waals surface area contributed by atoms with Crippen molar-refractivity contribution in [1.82, 2.24) is 9.55 Å². The fraction of sp³-hybridized carbons (Fsp3) is 0.714. The van der Waals surface area contributed by atoms with Gasteiger partial charge in [-0.25, -0.2) is 9.18 Å². The van der Waals surface area contributed by atoms with Crippen molar-refractivity contribution >= 4 is 42.4 Å². The van der Waals surface area contributed by atoms with E-state index in [-0.39, 0.29) is 31.0 Å². The fourth-order valence-electron chi connectivity index (χ4n) is 4.64. The molecule has 3 fully saturated rings. The lowest BCUT2D eigenvalue weighted by Crippen LogP contribution is -2.39. The molecule has 7 nitrogen and oxygen atoms in total. The first-order chi connectivity index (χ1) is 14.9. The zero-order valence-electron chi connectivity index (χ0n) is 19.2. The molecule has 0 unspecified atom stereocenters. The predicted octanol–water partition coefficient (Wildman–Crippen LogP) is 4.34. The van der Waals surface area contributed by atoms with Gasteiger partial charge in [-0.1, -0.05) is 30.5 Å². The molecule has 8 atom stereocenters. The number of ether oxygens (including phenoxy) is 1. The number of nitrogens with one attached hydrogen (secondary N) is 1. The van der Waals surface area contributed by atoms with Crippen LogP contribution in [-0.4, -0.2) is 39.3 Å². The third kappa shape index (κ3) is 5.25. The Labute approximate surface area is 209 Å². The molecule has 2 aliphatic heterocycles. The summed E-state index contributed by atoms with van der Waals surface area (Å²) in [5, 5.41) is 0. The minimum atomic E-state index is -2.61. The number of rotatable bonds is 5. The summed E-state index contributed by atoms with van der Waals surface area (Å²) in [7, 11) is 0. The van der Waals surface area contributed by atoms with Crippen LogP contribution in [0.4, 0.5) is 4.39 Å². The number of hydrogen-bond donors (Lipinski definition) is 1. The summed E-state index contributed by atoms with van der Waals surface area (Å²) in [6.45, 7) is 11.7. The Kier molecular flexibility index (Phi) is 8.16. The molecule has 0 bridgehead atoms. The first-order valence-corrected chi connectivity index (χ1v) is 14.9. The Morgan fingerprint density at radius 1 is 1.52 bits per heavy atom. The van der Waals surface area contributed by atoms with Crippen LogP contribution >= 0.6 is 30.6 Å². The van der Waals surface area contributed by atoms with Crippen LogP contribution in [-0.2, 0) is 25.6 Å². The molecular formula is C21H32FN2O5PS3. The molecule has 0 radical (unpaired) electrons. The Bertz CT molecular complexity index is 1080. The number of fused-ring (bicyclic) bond motifs is 1. The summed E-state index contributed by atoms with van der Waals surface area (Å²) < 4.78 is 34.4. The van der Waals surface area contributed by atoms with Crippen LogP contribution in [0.1, 0.15) is 51.8 Å². The number of aromatic nitrogens is 2. The van der Waals surface area contributed by atoms with Crippen LogP contribution < -0.4 is 11.2 Å². The molecule has 0 aromatic carbocycles. The van der Waals surface area contributed by atoms with Crippen LogP contribution in [0.2, 0.25) is 0 Å². The molecule has 1 aromatic rings. The van der Waals surface area contributed by atoms with Gasteiger partial charge in [0.15, 0.2) is 12.4 Å². The number of halogens is 1. The van der Waals surface area contributed by atoms with Gasteiger partial charge in [0, 0.05) is 22.4 Å². The van der Waals surface area contributed by atoms with Crippen molar-refractivity contribution in [1.29, 1.82) is 0 Å². The van der Waals surface area contributed by atoms with Gasteiger partial charge in [0.1, 0.15) is 0 Å². The second kappa shape index (κ2) is 9.91. The molecule has 2 saturated heterocycles. The van der Waals surface area contributed by atoms with E-state index in [0.29, 0.717) is 11.5 Å². The predicted molar refractivity (Wildman–Crippen MR) is 138 cm³/mol. The van der Waals surface area contributed by atoms with Crippen molar-refractivity contribution < 1.29 is 18.2 Å². The van der Waals surface area contributed by atoms with Gasteiger partial charge in [0.05, 0.1) is 18.8 Å². The number of aryl methyl sites for hydroxylation is 1. The van der Waals surface area contributed by atoms with E-state index in [1.807, 2.05) is 0 Å². The molecular weight excluding hydrogens is 506 g/mol. The monoisotopic (exact) mass is 538 g/mol. The zero-order chi connectivity index (χ0) is 23.4. The first-order valence-electron chi connectivity index (χ1n) is 10.8. The van der Waals surface area contributed by atoms with Gasteiger partial charge in [-0.15, -0.1) is 0 Å². The van der Waals surface area contributed by atoms with Crippen molar-refractivity contribution in [3.63, 3.8) is 0 Å². The van der Waals surface area contributed by atoms with E-state index in [0.717, 1.165) is 23.8 Å². The summed E-state index contributed by atoms with van der Waals surface area (Å²) in [6, 6.07) is 0. The average molecular weight is 539 g/mol. The van der Waals surface area contributed by atoms with Crippen LogP contribution in [0.25, 0.3) is 0 Å². The third-order valence-corrected chi connectivity index (χ3v) is 12.8. The van der Waals surface area contributed by atoms with Crippen LogP contribution in [0, 0.1) is 18.8 Å². The minimum Gasteiger partial charge on any atom is -0.349 e. The molecule has 0 spiro atoms. The summed E-state index contributed by atoms with van der Waals surface area (Å²) in [4.78, 5) is 26.0. The van der Waals surface area contributed by atoms with Gasteiger partial charge in [-0.2, -0.15) is 13.5 Å². The van der Waals surface area contributed by atoms with Crippen molar-refractivity contribution in [2.24, 2.45) is 11.8 Å². The van der Waals surface area contributed by atoms with Gasteiger partial charge < -0.3 is 13.8 Å². The molecule has 3 aliphatic rings. The molecule has 12 heteroatoms. The third-order valence-electron chi connectivity index (χ3n) is 6.93. The van der Waals surface area contributed by atoms with Crippen molar-refractivity contribution in [3.05, 3.63) is 44.8 Å². The number of allylic oxidation sites excluding steroid dienone is 1. The maximum absolute atomic E-state index is 15.1. The number of aromatic amines is 1. The highest BCUT2D eigenvalue weighted by molar-refractivity contribution is 8.68.